The molecule has 0 bridgehead atoms. The van der Waals surface area contributed by atoms with Crippen LogP contribution < -0.4 is 14.8 Å². The van der Waals surface area contributed by atoms with E-state index in [2.05, 4.69) is 20.5 Å². The van der Waals surface area contributed by atoms with Crippen LogP contribution in [0.1, 0.15) is 46.4 Å². The number of aromatic nitrogens is 3. The summed E-state index contributed by atoms with van der Waals surface area (Å²) >= 11 is 0. The van der Waals surface area contributed by atoms with Crippen molar-refractivity contribution in [3.05, 3.63) is 58.7 Å². The third-order valence-electron chi connectivity index (χ3n) is 6.19. The predicted octanol–water partition coefficient (Wildman–Crippen LogP) is 5.78. The van der Waals surface area contributed by atoms with Crippen LogP contribution in [-0.4, -0.2) is 38.7 Å². The zero-order chi connectivity index (χ0) is 28.8. The van der Waals surface area contributed by atoms with Gasteiger partial charge >= 0.3 is 6.18 Å². The minimum atomic E-state index is -4.98. The maximum Gasteiger partial charge on any atom is 0.435 e. The van der Waals surface area contributed by atoms with Crippen LogP contribution >= 0.6 is 0 Å². The number of nitrogens with one attached hydrogen (secondary N) is 2. The van der Waals surface area contributed by atoms with E-state index in [9.17, 15) is 26.6 Å². The summed E-state index contributed by atoms with van der Waals surface area (Å²) in [5.74, 6) is -4.25. The Balaban J connectivity index is 1.78. The fourth-order valence-corrected chi connectivity index (χ4v) is 4.67. The van der Waals surface area contributed by atoms with Crippen LogP contribution in [0, 0.1) is 17.5 Å². The molecule has 1 aromatic carbocycles. The maximum atomic E-state index is 15.1. The lowest BCUT2D eigenvalue weighted by molar-refractivity contribution is -0.142. The fourth-order valence-electron chi connectivity index (χ4n) is 3.98. The van der Waals surface area contributed by atoms with Gasteiger partial charge < -0.3 is 14.8 Å². The first kappa shape index (κ1) is 28.1. The first-order valence-corrected chi connectivity index (χ1v) is 13.3. The van der Waals surface area contributed by atoms with Gasteiger partial charge in [0.25, 0.3) is 17.7 Å². The molecule has 4 rings (SSSR count). The molecule has 1 saturated carbocycles. The fraction of sp³-hybridized carbons (Fsp3) is 0.333. The highest BCUT2D eigenvalue weighted by Gasteiger charge is 2.43. The molecule has 208 valence electrons. The zero-order valence-electron chi connectivity index (χ0n) is 20.8. The monoisotopic (exact) mass is 571 g/mol. The lowest BCUT2D eigenvalue weighted by Crippen LogP contribution is -2.30. The number of methoxy groups -OCH3 is 1. The summed E-state index contributed by atoms with van der Waals surface area (Å²) in [4.78, 5) is 17.2. The minimum Gasteiger partial charge on any atom is -0.489 e. The molecule has 1 fully saturated rings. The summed E-state index contributed by atoms with van der Waals surface area (Å²) in [5, 5.41) is 8.90. The molecule has 0 aliphatic heterocycles. The number of hydrogen-bond acceptors (Lipinski definition) is 8. The van der Waals surface area contributed by atoms with E-state index in [-0.39, 0.29) is 29.0 Å². The van der Waals surface area contributed by atoms with Gasteiger partial charge in [-0.15, -0.1) is 10.2 Å². The van der Waals surface area contributed by atoms with Crippen molar-refractivity contribution in [3.8, 4) is 17.5 Å². The van der Waals surface area contributed by atoms with E-state index in [0.29, 0.717) is 6.42 Å². The second-order valence-corrected chi connectivity index (χ2v) is 11.1. The molecule has 1 amide bonds. The van der Waals surface area contributed by atoms with Crippen molar-refractivity contribution in [2.45, 2.75) is 42.9 Å². The van der Waals surface area contributed by atoms with Crippen LogP contribution in [0.3, 0.4) is 0 Å². The Bertz CT molecular complexity index is 1560. The number of amides is 1. The Morgan fingerprint density at radius 3 is 2.46 bits per heavy atom. The van der Waals surface area contributed by atoms with Crippen LogP contribution in [0.2, 0.25) is 0 Å². The van der Waals surface area contributed by atoms with E-state index >= 15 is 4.39 Å². The molecule has 9 nitrogen and oxygen atoms in total. The molecule has 0 radical (unpaired) electrons. The number of alkyl halides is 4. The highest BCUT2D eigenvalue weighted by Crippen LogP contribution is 2.48. The van der Waals surface area contributed by atoms with E-state index in [1.54, 1.807) is 0 Å². The summed E-state index contributed by atoms with van der Waals surface area (Å²) in [6, 6.07) is 5.39. The molecule has 2 N–H and O–H groups in total. The van der Waals surface area contributed by atoms with Gasteiger partial charge in [-0.1, -0.05) is 6.07 Å². The van der Waals surface area contributed by atoms with Crippen molar-refractivity contribution in [1.82, 2.24) is 15.2 Å². The second kappa shape index (κ2) is 10.0. The molecule has 3 aromatic rings. The molecule has 0 saturated heterocycles. The van der Waals surface area contributed by atoms with Gasteiger partial charge in [-0.05, 0) is 49.9 Å². The van der Waals surface area contributed by atoms with Gasteiger partial charge in [0.05, 0.1) is 16.8 Å². The Labute approximate surface area is 219 Å². The summed E-state index contributed by atoms with van der Waals surface area (Å²) in [6.07, 6.45) is -2.21. The van der Waals surface area contributed by atoms with Gasteiger partial charge in [0, 0.05) is 28.6 Å². The number of ether oxygens (including phenoxy) is 2. The number of halogens is 5. The number of carbonyl (C=O) groups excluding carboxylic acids is 1. The van der Waals surface area contributed by atoms with E-state index in [4.69, 9.17) is 14.3 Å². The lowest BCUT2D eigenvalue weighted by atomic mass is 9.77. The van der Waals surface area contributed by atoms with E-state index in [1.807, 2.05) is 0 Å². The van der Waals surface area contributed by atoms with Crippen molar-refractivity contribution < 1.29 is 40.4 Å². The summed E-state index contributed by atoms with van der Waals surface area (Å²) in [6.45, 7) is 0.968. The number of benzene rings is 1. The average molecular weight is 572 g/mol. The number of nitrogens with zero attached hydrogens (tertiary/aromatic N) is 3. The third kappa shape index (κ3) is 5.48. The van der Waals surface area contributed by atoms with E-state index in [0.717, 1.165) is 26.5 Å². The van der Waals surface area contributed by atoms with Gasteiger partial charge in [0.1, 0.15) is 11.2 Å². The van der Waals surface area contributed by atoms with Gasteiger partial charge in [0.15, 0.2) is 11.5 Å². The molecular weight excluding hydrogens is 549 g/mol. The Hall–Kier alpha value is -3.88. The molecule has 1 aliphatic rings. The third-order valence-corrected chi connectivity index (χ3v) is 7.34. The van der Waals surface area contributed by atoms with Crippen LogP contribution in [0.5, 0.6) is 17.5 Å². The van der Waals surface area contributed by atoms with Crippen molar-refractivity contribution in [2.24, 2.45) is 0 Å². The average Bonchev–Trinajstić information content (AvgIpc) is 2.82. The molecular formula is C24H22F5N5O4S. The standard InChI is InChI=1S/C24H22F5N5O4S/c1-12-16(20(35)32-13-6-4-7-14(10-13)39(3,30)36)21(34-33-19(12)24(27,28)29)38-22-18(37-2)17(25)15(11-31-22)23(26)8-5-9-23/h4,6-7,10-11,30H,5,8-9H2,1-3H3,(H,32,35). The zero-order valence-corrected chi connectivity index (χ0v) is 21.6. The van der Waals surface area contributed by atoms with Crippen molar-refractivity contribution >= 4 is 21.3 Å². The van der Waals surface area contributed by atoms with Crippen molar-refractivity contribution in [3.63, 3.8) is 0 Å². The molecule has 2 heterocycles. The Morgan fingerprint density at radius 2 is 1.90 bits per heavy atom. The number of carbonyl (C=O) groups is 1. The van der Waals surface area contributed by atoms with Crippen molar-refractivity contribution in [1.29, 1.82) is 4.78 Å². The van der Waals surface area contributed by atoms with Gasteiger partial charge in [-0.2, -0.15) is 13.2 Å². The highest BCUT2D eigenvalue weighted by atomic mass is 32.2. The van der Waals surface area contributed by atoms with Gasteiger partial charge in [-0.25, -0.2) is 22.8 Å². The molecule has 0 spiro atoms. The number of pyridine rings is 1. The first-order valence-electron chi connectivity index (χ1n) is 11.3. The number of hydrogen-bond donors (Lipinski definition) is 2. The minimum absolute atomic E-state index is 0.0230. The van der Waals surface area contributed by atoms with Gasteiger partial charge in [-0.3, -0.25) is 4.79 Å². The summed E-state index contributed by atoms with van der Waals surface area (Å²) in [7, 11) is -2.10. The quantitative estimate of drug-likeness (QED) is 0.345. The largest absolute Gasteiger partial charge is 0.489 e. The topological polar surface area (TPSA) is 127 Å². The van der Waals surface area contributed by atoms with Gasteiger partial charge in [0.2, 0.25) is 5.75 Å². The van der Waals surface area contributed by atoms with E-state index < -0.39 is 67.6 Å². The smallest absolute Gasteiger partial charge is 0.435 e. The Kier molecular flexibility index (Phi) is 7.23. The van der Waals surface area contributed by atoms with Crippen molar-refractivity contribution in [2.75, 3.05) is 18.7 Å². The molecule has 1 atom stereocenters. The molecule has 2 aromatic heterocycles. The highest BCUT2D eigenvalue weighted by molar-refractivity contribution is 7.91. The normalized spacial score (nSPS) is 16.1. The summed E-state index contributed by atoms with van der Waals surface area (Å²) in [5.41, 5.74) is -5.10. The predicted molar refractivity (Wildman–Crippen MR) is 129 cm³/mol. The van der Waals surface area contributed by atoms with Crippen LogP contribution in [0.15, 0.2) is 35.4 Å². The molecule has 1 aliphatic carbocycles. The summed E-state index contributed by atoms with van der Waals surface area (Å²) < 4.78 is 101. The molecule has 39 heavy (non-hydrogen) atoms. The van der Waals surface area contributed by atoms with Crippen LogP contribution in [0.4, 0.5) is 27.6 Å². The number of rotatable bonds is 7. The molecule has 1 unspecified atom stereocenters. The number of anilines is 1. The van der Waals surface area contributed by atoms with Crippen LogP contribution in [0.25, 0.3) is 0 Å². The lowest BCUT2D eigenvalue weighted by Gasteiger charge is -2.34. The van der Waals surface area contributed by atoms with Crippen LogP contribution in [-0.2, 0) is 21.6 Å². The Morgan fingerprint density at radius 1 is 1.21 bits per heavy atom. The maximum absolute atomic E-state index is 15.1. The first-order chi connectivity index (χ1) is 18.2. The molecule has 15 heteroatoms. The van der Waals surface area contributed by atoms with E-state index in [1.165, 1.54) is 24.3 Å². The second-order valence-electron chi connectivity index (χ2n) is 8.92. The SMILES string of the molecule is COc1c(Oc2nnc(C(F)(F)F)c(C)c2C(=O)Nc2cccc(S(C)(=N)=O)c2)ncc(C2(F)CCC2)c1F.